The van der Waals surface area contributed by atoms with Crippen molar-refractivity contribution >= 4 is 17.5 Å². The van der Waals surface area contributed by atoms with Crippen LogP contribution in [0.4, 0.5) is 5.69 Å². The minimum Gasteiger partial charge on any atom is -0.347 e. The third kappa shape index (κ3) is 4.68. The molecule has 2 aromatic carbocycles. The lowest BCUT2D eigenvalue weighted by Gasteiger charge is -2.20. The molecule has 24 heavy (non-hydrogen) atoms. The standard InChI is InChI=1S/C19H19N3O2/c1-19(2,3)22-18(24)15-9-7-14(8-10-15)17(23)21-16-6-4-5-13(11-16)12-20/h4-11H,1-3H3,(H,21,23)(H,22,24). The number of carbonyl (C=O) groups is 2. The van der Waals surface area contributed by atoms with E-state index in [9.17, 15) is 9.59 Å². The van der Waals surface area contributed by atoms with Crippen molar-refractivity contribution in [1.82, 2.24) is 5.32 Å². The first-order valence-electron chi connectivity index (χ1n) is 7.52. The maximum Gasteiger partial charge on any atom is 0.255 e. The molecule has 5 heteroatoms. The van der Waals surface area contributed by atoms with Crippen LogP contribution < -0.4 is 10.6 Å². The number of anilines is 1. The second-order valence-electron chi connectivity index (χ2n) is 6.43. The predicted octanol–water partition coefficient (Wildman–Crippen LogP) is 3.34. The average molecular weight is 321 g/mol. The normalized spacial score (nSPS) is 10.6. The molecule has 2 aromatic rings. The van der Waals surface area contributed by atoms with Gasteiger partial charge in [0.2, 0.25) is 0 Å². The molecule has 122 valence electrons. The van der Waals surface area contributed by atoms with Gasteiger partial charge in [0, 0.05) is 22.4 Å². The number of hydrogen-bond donors (Lipinski definition) is 2. The van der Waals surface area contributed by atoms with Crippen LogP contribution in [-0.2, 0) is 0 Å². The van der Waals surface area contributed by atoms with E-state index in [1.54, 1.807) is 48.5 Å². The number of amides is 2. The zero-order valence-electron chi connectivity index (χ0n) is 13.9. The molecular weight excluding hydrogens is 302 g/mol. The van der Waals surface area contributed by atoms with Crippen molar-refractivity contribution in [1.29, 1.82) is 5.26 Å². The van der Waals surface area contributed by atoms with Gasteiger partial charge in [0.15, 0.2) is 0 Å². The zero-order valence-corrected chi connectivity index (χ0v) is 13.9. The Morgan fingerprint density at radius 2 is 1.54 bits per heavy atom. The van der Waals surface area contributed by atoms with Crippen LogP contribution in [0.5, 0.6) is 0 Å². The van der Waals surface area contributed by atoms with Crippen LogP contribution in [0.1, 0.15) is 47.1 Å². The van der Waals surface area contributed by atoms with Crippen LogP contribution in [0.2, 0.25) is 0 Å². The van der Waals surface area contributed by atoms with E-state index in [0.29, 0.717) is 22.4 Å². The zero-order chi connectivity index (χ0) is 17.7. The molecular formula is C19H19N3O2. The van der Waals surface area contributed by atoms with Gasteiger partial charge < -0.3 is 10.6 Å². The van der Waals surface area contributed by atoms with Gasteiger partial charge in [0.05, 0.1) is 11.6 Å². The summed E-state index contributed by atoms with van der Waals surface area (Å²) in [6, 6.07) is 15.1. The Labute approximate surface area is 141 Å². The second kappa shape index (κ2) is 6.97. The molecule has 0 fully saturated rings. The largest absolute Gasteiger partial charge is 0.347 e. The van der Waals surface area contributed by atoms with Crippen molar-refractivity contribution in [3.05, 3.63) is 65.2 Å². The molecule has 5 nitrogen and oxygen atoms in total. The number of nitrogens with zero attached hydrogens (tertiary/aromatic N) is 1. The smallest absolute Gasteiger partial charge is 0.255 e. The van der Waals surface area contributed by atoms with Crippen LogP contribution in [0.25, 0.3) is 0 Å². The minimum atomic E-state index is -0.321. The van der Waals surface area contributed by atoms with Gasteiger partial charge in [-0.05, 0) is 63.2 Å². The molecule has 0 heterocycles. The summed E-state index contributed by atoms with van der Waals surface area (Å²) in [7, 11) is 0. The van der Waals surface area contributed by atoms with Crippen molar-refractivity contribution in [3.63, 3.8) is 0 Å². The number of hydrogen-bond acceptors (Lipinski definition) is 3. The lowest BCUT2D eigenvalue weighted by atomic mass is 10.1. The van der Waals surface area contributed by atoms with Gasteiger partial charge in [0.25, 0.3) is 11.8 Å². The highest BCUT2D eigenvalue weighted by Crippen LogP contribution is 2.13. The van der Waals surface area contributed by atoms with E-state index in [0.717, 1.165) is 0 Å². The van der Waals surface area contributed by atoms with Gasteiger partial charge in [0.1, 0.15) is 0 Å². The molecule has 2 amide bonds. The second-order valence-corrected chi connectivity index (χ2v) is 6.43. The van der Waals surface area contributed by atoms with Gasteiger partial charge in [-0.1, -0.05) is 6.07 Å². The number of carbonyl (C=O) groups excluding carboxylic acids is 2. The monoisotopic (exact) mass is 321 g/mol. The predicted molar refractivity (Wildman–Crippen MR) is 92.8 cm³/mol. The first kappa shape index (κ1) is 17.2. The summed E-state index contributed by atoms with van der Waals surface area (Å²) in [6.45, 7) is 5.71. The van der Waals surface area contributed by atoms with Gasteiger partial charge in [-0.25, -0.2) is 0 Å². The number of nitriles is 1. The first-order chi connectivity index (χ1) is 11.3. The van der Waals surface area contributed by atoms with E-state index < -0.39 is 0 Å². The third-order valence-corrected chi connectivity index (χ3v) is 3.15. The lowest BCUT2D eigenvalue weighted by Crippen LogP contribution is -2.40. The van der Waals surface area contributed by atoms with Crippen molar-refractivity contribution < 1.29 is 9.59 Å². The molecule has 0 saturated heterocycles. The molecule has 2 N–H and O–H groups in total. The molecule has 2 rings (SSSR count). The number of benzene rings is 2. The molecule has 0 spiro atoms. The van der Waals surface area contributed by atoms with Gasteiger partial charge in [-0.2, -0.15) is 5.26 Å². The summed E-state index contributed by atoms with van der Waals surface area (Å²) in [5, 5.41) is 14.5. The Morgan fingerprint density at radius 3 is 2.08 bits per heavy atom. The number of nitrogens with one attached hydrogen (secondary N) is 2. The molecule has 0 bridgehead atoms. The summed E-state index contributed by atoms with van der Waals surface area (Å²) >= 11 is 0. The van der Waals surface area contributed by atoms with Crippen molar-refractivity contribution in [2.24, 2.45) is 0 Å². The summed E-state index contributed by atoms with van der Waals surface area (Å²) in [5.41, 5.74) is 1.63. The Kier molecular flexibility index (Phi) is 5.00. The van der Waals surface area contributed by atoms with Gasteiger partial charge in [-0.15, -0.1) is 0 Å². The fraction of sp³-hybridized carbons (Fsp3) is 0.211. The van der Waals surface area contributed by atoms with Crippen LogP contribution >= 0.6 is 0 Å². The van der Waals surface area contributed by atoms with Crippen molar-refractivity contribution in [3.8, 4) is 6.07 Å². The summed E-state index contributed by atoms with van der Waals surface area (Å²) in [6.07, 6.45) is 0. The SMILES string of the molecule is CC(C)(C)NC(=O)c1ccc(C(=O)Nc2cccc(C#N)c2)cc1. The fourth-order valence-electron chi connectivity index (χ4n) is 2.06. The molecule has 0 atom stereocenters. The minimum absolute atomic E-state index is 0.184. The quantitative estimate of drug-likeness (QED) is 0.909. The summed E-state index contributed by atoms with van der Waals surface area (Å²) in [5.74, 6) is -0.482. The molecule has 0 aliphatic heterocycles. The van der Waals surface area contributed by atoms with Crippen molar-refractivity contribution in [2.75, 3.05) is 5.32 Å². The van der Waals surface area contributed by atoms with Gasteiger partial charge in [-0.3, -0.25) is 9.59 Å². The Hall–Kier alpha value is -3.13. The van der Waals surface area contributed by atoms with Crippen LogP contribution in [0.15, 0.2) is 48.5 Å². The Morgan fingerprint density at radius 1 is 0.958 bits per heavy atom. The molecule has 0 unspecified atom stereocenters. The lowest BCUT2D eigenvalue weighted by molar-refractivity contribution is 0.0918. The fourth-order valence-corrected chi connectivity index (χ4v) is 2.06. The van der Waals surface area contributed by atoms with Gasteiger partial charge >= 0.3 is 0 Å². The Balaban J connectivity index is 2.08. The molecule has 0 radical (unpaired) electrons. The van der Waals surface area contributed by atoms with E-state index in [4.69, 9.17) is 5.26 Å². The maximum atomic E-state index is 12.2. The summed E-state index contributed by atoms with van der Waals surface area (Å²) in [4.78, 5) is 24.3. The molecule has 0 aliphatic carbocycles. The van der Waals surface area contributed by atoms with E-state index in [-0.39, 0.29) is 17.4 Å². The van der Waals surface area contributed by atoms with E-state index in [1.165, 1.54) is 0 Å². The van der Waals surface area contributed by atoms with Crippen LogP contribution in [-0.4, -0.2) is 17.4 Å². The Bertz CT molecular complexity index is 797. The van der Waals surface area contributed by atoms with Crippen LogP contribution in [0.3, 0.4) is 0 Å². The van der Waals surface area contributed by atoms with Crippen molar-refractivity contribution in [2.45, 2.75) is 26.3 Å². The highest BCUT2D eigenvalue weighted by atomic mass is 16.2. The molecule has 0 saturated carbocycles. The van der Waals surface area contributed by atoms with Crippen LogP contribution in [0, 0.1) is 11.3 Å². The topological polar surface area (TPSA) is 82.0 Å². The maximum absolute atomic E-state index is 12.2. The molecule has 0 aliphatic rings. The van der Waals surface area contributed by atoms with E-state index >= 15 is 0 Å². The highest BCUT2D eigenvalue weighted by molar-refractivity contribution is 6.05. The number of rotatable bonds is 3. The first-order valence-corrected chi connectivity index (χ1v) is 7.52. The highest BCUT2D eigenvalue weighted by Gasteiger charge is 2.15. The molecule has 0 aromatic heterocycles. The third-order valence-electron chi connectivity index (χ3n) is 3.15. The summed E-state index contributed by atoms with van der Waals surface area (Å²) < 4.78 is 0. The van der Waals surface area contributed by atoms with E-state index in [2.05, 4.69) is 10.6 Å². The average Bonchev–Trinajstić information content (AvgIpc) is 2.53. The van der Waals surface area contributed by atoms with E-state index in [1.807, 2.05) is 26.8 Å².